The number of fused-ring (bicyclic) bond motifs is 1. The fraction of sp³-hybridized carbons (Fsp3) is 0.375. The third-order valence-corrected chi connectivity index (χ3v) is 4.87. The molecule has 0 aromatic carbocycles. The molecule has 0 aliphatic carbocycles. The lowest BCUT2D eigenvalue weighted by atomic mass is 10.3. The van der Waals surface area contributed by atoms with E-state index in [2.05, 4.69) is 34.0 Å². The summed E-state index contributed by atoms with van der Waals surface area (Å²) in [6, 6.07) is 3.64. The van der Waals surface area contributed by atoms with Crippen LogP contribution in [0.4, 0.5) is 11.5 Å². The summed E-state index contributed by atoms with van der Waals surface area (Å²) in [4.78, 5) is 35.3. The van der Waals surface area contributed by atoms with E-state index < -0.39 is 5.91 Å². The minimum atomic E-state index is -0.461. The number of aromatic nitrogens is 3. The van der Waals surface area contributed by atoms with Crippen molar-refractivity contribution < 1.29 is 4.79 Å². The van der Waals surface area contributed by atoms with Crippen LogP contribution >= 0.6 is 11.8 Å². The Bertz CT molecular complexity index is 799. The minimum absolute atomic E-state index is 0.0501. The lowest BCUT2D eigenvalue weighted by Crippen LogP contribution is -2.29. The molecule has 0 unspecified atom stereocenters. The Hall–Kier alpha value is -2.35. The fourth-order valence-electron chi connectivity index (χ4n) is 2.57. The first-order valence-corrected chi connectivity index (χ1v) is 8.87. The van der Waals surface area contributed by atoms with Crippen LogP contribution in [-0.2, 0) is 6.54 Å². The van der Waals surface area contributed by atoms with Gasteiger partial charge in [-0.25, -0.2) is 9.97 Å². The number of amides is 1. The predicted molar refractivity (Wildman–Crippen MR) is 95.0 cm³/mol. The van der Waals surface area contributed by atoms with Gasteiger partial charge < -0.3 is 10.2 Å². The molecule has 8 heteroatoms. The Morgan fingerprint density at radius 1 is 1.29 bits per heavy atom. The molecule has 0 saturated carbocycles. The zero-order valence-corrected chi connectivity index (χ0v) is 14.5. The van der Waals surface area contributed by atoms with Crippen LogP contribution in [0.1, 0.15) is 24.2 Å². The summed E-state index contributed by atoms with van der Waals surface area (Å²) < 4.78 is 1.54. The van der Waals surface area contributed by atoms with Crippen molar-refractivity contribution in [2.75, 3.05) is 29.1 Å². The van der Waals surface area contributed by atoms with Crippen molar-refractivity contribution >= 4 is 29.2 Å². The van der Waals surface area contributed by atoms with Gasteiger partial charge in [0.1, 0.15) is 11.4 Å². The van der Waals surface area contributed by atoms with Gasteiger partial charge in [0.2, 0.25) is 0 Å². The number of pyridine rings is 1. The molecule has 1 aliphatic rings. The quantitative estimate of drug-likeness (QED) is 0.833. The number of hydrogen-bond acceptors (Lipinski definition) is 6. The van der Waals surface area contributed by atoms with Crippen LogP contribution in [0.2, 0.25) is 0 Å². The molecule has 3 rings (SSSR count). The van der Waals surface area contributed by atoms with Gasteiger partial charge in [-0.1, -0.05) is 11.8 Å². The van der Waals surface area contributed by atoms with E-state index in [1.807, 2.05) is 6.07 Å². The van der Waals surface area contributed by atoms with E-state index in [-0.39, 0.29) is 11.1 Å². The molecule has 1 amide bonds. The average molecular weight is 345 g/mol. The summed E-state index contributed by atoms with van der Waals surface area (Å²) in [6.07, 6.45) is 2.94. The number of anilines is 2. The second-order valence-electron chi connectivity index (χ2n) is 5.29. The maximum atomic E-state index is 12.4. The molecule has 0 fully saturated rings. The molecule has 0 bridgehead atoms. The zero-order valence-electron chi connectivity index (χ0n) is 13.7. The topological polar surface area (TPSA) is 80.1 Å². The third-order valence-electron chi connectivity index (χ3n) is 3.89. The Morgan fingerprint density at radius 3 is 2.75 bits per heavy atom. The van der Waals surface area contributed by atoms with Gasteiger partial charge in [-0.3, -0.25) is 14.2 Å². The van der Waals surface area contributed by atoms with Gasteiger partial charge in [0.25, 0.3) is 11.5 Å². The molecule has 1 aliphatic heterocycles. The van der Waals surface area contributed by atoms with E-state index in [4.69, 9.17) is 0 Å². The Morgan fingerprint density at radius 2 is 2.08 bits per heavy atom. The molecule has 2 aromatic heterocycles. The summed E-state index contributed by atoms with van der Waals surface area (Å²) in [7, 11) is 0. The molecule has 7 nitrogen and oxygen atoms in total. The summed E-state index contributed by atoms with van der Waals surface area (Å²) in [5.74, 6) is 1.20. The number of rotatable bonds is 5. The van der Waals surface area contributed by atoms with Crippen LogP contribution in [0, 0.1) is 0 Å². The van der Waals surface area contributed by atoms with E-state index in [9.17, 15) is 9.59 Å². The number of thioether (sulfide) groups is 1. The van der Waals surface area contributed by atoms with Crippen molar-refractivity contribution in [3.05, 3.63) is 40.4 Å². The SMILES string of the molecule is CCN(CC)c1ccc(NC(=O)c2cnc3n(c2=O)CCS3)cn1. The van der Waals surface area contributed by atoms with Crippen LogP contribution in [0.5, 0.6) is 0 Å². The van der Waals surface area contributed by atoms with Crippen molar-refractivity contribution in [2.24, 2.45) is 0 Å². The number of hydrogen-bond donors (Lipinski definition) is 1. The van der Waals surface area contributed by atoms with Crippen molar-refractivity contribution in [3.63, 3.8) is 0 Å². The molecule has 0 atom stereocenters. The largest absolute Gasteiger partial charge is 0.357 e. The lowest BCUT2D eigenvalue weighted by Gasteiger charge is -2.19. The van der Waals surface area contributed by atoms with Gasteiger partial charge in [-0.2, -0.15) is 0 Å². The van der Waals surface area contributed by atoms with E-state index in [0.717, 1.165) is 24.7 Å². The Kier molecular flexibility index (Phi) is 4.84. The zero-order chi connectivity index (χ0) is 17.1. The highest BCUT2D eigenvalue weighted by molar-refractivity contribution is 7.99. The first kappa shape index (κ1) is 16.5. The summed E-state index contributed by atoms with van der Waals surface area (Å²) in [6.45, 7) is 6.45. The number of carbonyl (C=O) groups excluding carboxylic acids is 1. The monoisotopic (exact) mass is 345 g/mol. The lowest BCUT2D eigenvalue weighted by molar-refractivity contribution is 0.102. The highest BCUT2D eigenvalue weighted by atomic mass is 32.2. The van der Waals surface area contributed by atoms with E-state index in [1.54, 1.807) is 16.8 Å². The smallest absolute Gasteiger partial charge is 0.267 e. The van der Waals surface area contributed by atoms with Crippen molar-refractivity contribution in [3.8, 4) is 0 Å². The maximum absolute atomic E-state index is 12.4. The van der Waals surface area contributed by atoms with Crippen molar-refractivity contribution in [1.82, 2.24) is 14.5 Å². The van der Waals surface area contributed by atoms with Crippen LogP contribution < -0.4 is 15.8 Å². The van der Waals surface area contributed by atoms with Crippen LogP contribution in [-0.4, -0.2) is 39.3 Å². The number of nitrogens with zero attached hydrogens (tertiary/aromatic N) is 4. The fourth-order valence-corrected chi connectivity index (χ4v) is 3.48. The third kappa shape index (κ3) is 3.14. The first-order valence-electron chi connectivity index (χ1n) is 7.89. The summed E-state index contributed by atoms with van der Waals surface area (Å²) >= 11 is 1.52. The van der Waals surface area contributed by atoms with Gasteiger partial charge in [0, 0.05) is 31.6 Å². The Balaban J connectivity index is 1.77. The van der Waals surface area contributed by atoms with E-state index in [1.165, 1.54) is 18.0 Å². The first-order chi connectivity index (χ1) is 11.6. The maximum Gasteiger partial charge on any atom is 0.267 e. The second kappa shape index (κ2) is 7.04. The molecule has 0 saturated heterocycles. The van der Waals surface area contributed by atoms with E-state index >= 15 is 0 Å². The molecule has 1 N–H and O–H groups in total. The van der Waals surface area contributed by atoms with Gasteiger partial charge in [-0.15, -0.1) is 0 Å². The standard InChI is InChI=1S/C16H19N5O2S/c1-3-20(4-2)13-6-5-11(9-17-13)19-14(22)12-10-18-16-21(15(12)23)7-8-24-16/h5-6,9-10H,3-4,7-8H2,1-2H3,(H,19,22). The summed E-state index contributed by atoms with van der Waals surface area (Å²) in [5, 5.41) is 3.38. The normalized spacial score (nSPS) is 12.8. The van der Waals surface area contributed by atoms with Crippen molar-refractivity contribution in [2.45, 2.75) is 25.5 Å². The van der Waals surface area contributed by atoms with Gasteiger partial charge in [0.05, 0.1) is 11.9 Å². The van der Waals surface area contributed by atoms with Gasteiger partial charge >= 0.3 is 0 Å². The molecular weight excluding hydrogens is 326 g/mol. The van der Waals surface area contributed by atoms with Gasteiger partial charge in [-0.05, 0) is 26.0 Å². The average Bonchev–Trinajstić information content (AvgIpc) is 3.07. The molecule has 2 aromatic rings. The number of carbonyl (C=O) groups is 1. The van der Waals surface area contributed by atoms with Crippen LogP contribution in [0.15, 0.2) is 34.5 Å². The summed E-state index contributed by atoms with van der Waals surface area (Å²) in [5.41, 5.74) is 0.305. The minimum Gasteiger partial charge on any atom is -0.357 e. The predicted octanol–water partition coefficient (Wildman–Crippen LogP) is 1.84. The van der Waals surface area contributed by atoms with Crippen LogP contribution in [0.3, 0.4) is 0 Å². The van der Waals surface area contributed by atoms with Gasteiger partial charge in [0.15, 0.2) is 5.16 Å². The van der Waals surface area contributed by atoms with Crippen LogP contribution in [0.25, 0.3) is 0 Å². The molecule has 3 heterocycles. The highest BCUT2D eigenvalue weighted by Gasteiger charge is 2.20. The number of nitrogens with one attached hydrogen (secondary N) is 1. The second-order valence-corrected chi connectivity index (χ2v) is 6.35. The molecular formula is C16H19N5O2S. The molecule has 0 spiro atoms. The Labute approximate surface area is 144 Å². The molecule has 0 radical (unpaired) electrons. The molecule has 24 heavy (non-hydrogen) atoms. The highest BCUT2D eigenvalue weighted by Crippen LogP contribution is 2.21. The van der Waals surface area contributed by atoms with E-state index in [0.29, 0.717) is 17.4 Å². The van der Waals surface area contributed by atoms with Crippen molar-refractivity contribution in [1.29, 1.82) is 0 Å². The molecule has 126 valence electrons.